The zero-order valence-corrected chi connectivity index (χ0v) is 12.2. The largest absolute Gasteiger partial charge is 0.243 e. The van der Waals surface area contributed by atoms with Crippen molar-refractivity contribution in [3.05, 3.63) is 29.8 Å². The molecule has 1 atom stereocenters. The van der Waals surface area contributed by atoms with Gasteiger partial charge in [0.15, 0.2) is 9.84 Å². The standard InChI is InChI=1S/C11H13F2NO4S2/c1-19(15,16)10-2-3-14(7-10)20(17,18)11-5-8(12)4-9(13)6-11/h4-6,10H,2-3,7H2,1H3. The molecule has 1 aromatic rings. The molecule has 0 amide bonds. The van der Waals surface area contributed by atoms with Crippen molar-refractivity contribution >= 4 is 19.9 Å². The van der Waals surface area contributed by atoms with Gasteiger partial charge in [-0.1, -0.05) is 0 Å². The molecule has 0 saturated carbocycles. The lowest BCUT2D eigenvalue weighted by Gasteiger charge is -2.16. The minimum absolute atomic E-state index is 0.0121. The van der Waals surface area contributed by atoms with Gasteiger partial charge in [0.2, 0.25) is 10.0 Å². The third-order valence-electron chi connectivity index (χ3n) is 3.19. The van der Waals surface area contributed by atoms with E-state index in [-0.39, 0.29) is 19.5 Å². The zero-order valence-electron chi connectivity index (χ0n) is 10.6. The van der Waals surface area contributed by atoms with Gasteiger partial charge in [0.05, 0.1) is 10.1 Å². The molecular weight excluding hydrogens is 312 g/mol. The minimum atomic E-state index is -4.09. The molecule has 1 aromatic carbocycles. The molecule has 9 heteroatoms. The van der Waals surface area contributed by atoms with Gasteiger partial charge in [0.1, 0.15) is 11.6 Å². The number of benzene rings is 1. The fourth-order valence-electron chi connectivity index (χ4n) is 2.09. The summed E-state index contributed by atoms with van der Waals surface area (Å²) in [7, 11) is -7.44. The van der Waals surface area contributed by atoms with Gasteiger partial charge in [-0.3, -0.25) is 0 Å². The van der Waals surface area contributed by atoms with Crippen molar-refractivity contribution in [2.24, 2.45) is 0 Å². The molecule has 0 N–H and O–H groups in total. The van der Waals surface area contributed by atoms with Crippen LogP contribution in [0.15, 0.2) is 23.1 Å². The second-order valence-corrected chi connectivity index (χ2v) is 8.97. The lowest BCUT2D eigenvalue weighted by atomic mass is 10.3. The number of sulfone groups is 1. The molecule has 1 aliphatic heterocycles. The molecule has 1 saturated heterocycles. The van der Waals surface area contributed by atoms with E-state index in [0.29, 0.717) is 18.2 Å². The topological polar surface area (TPSA) is 71.5 Å². The van der Waals surface area contributed by atoms with E-state index >= 15 is 0 Å². The first-order chi connectivity index (χ1) is 9.10. The Morgan fingerprint density at radius 1 is 1.10 bits per heavy atom. The highest BCUT2D eigenvalue weighted by Crippen LogP contribution is 2.25. The Hall–Kier alpha value is -1.06. The molecule has 0 aromatic heterocycles. The van der Waals surface area contributed by atoms with Gasteiger partial charge in [-0.25, -0.2) is 25.6 Å². The van der Waals surface area contributed by atoms with Crippen LogP contribution in [0, 0.1) is 11.6 Å². The van der Waals surface area contributed by atoms with Crippen LogP contribution in [0.25, 0.3) is 0 Å². The Kier molecular flexibility index (Phi) is 3.87. The summed E-state index contributed by atoms with van der Waals surface area (Å²) in [5.41, 5.74) is 0. The normalized spacial score (nSPS) is 21.2. The average Bonchev–Trinajstić information content (AvgIpc) is 2.76. The predicted molar refractivity (Wildman–Crippen MR) is 68.4 cm³/mol. The van der Waals surface area contributed by atoms with Crippen LogP contribution < -0.4 is 0 Å². The van der Waals surface area contributed by atoms with E-state index < -0.39 is 41.6 Å². The van der Waals surface area contributed by atoms with E-state index in [1.54, 1.807) is 0 Å². The molecule has 2 rings (SSSR count). The summed E-state index contributed by atoms with van der Waals surface area (Å²) in [4.78, 5) is -0.510. The molecule has 0 radical (unpaired) electrons. The number of hydrogen-bond acceptors (Lipinski definition) is 4. The van der Waals surface area contributed by atoms with E-state index in [4.69, 9.17) is 0 Å². The third kappa shape index (κ3) is 2.99. The molecule has 0 aliphatic carbocycles. The Balaban J connectivity index is 2.33. The molecule has 0 spiro atoms. The van der Waals surface area contributed by atoms with Crippen molar-refractivity contribution in [1.82, 2.24) is 4.31 Å². The van der Waals surface area contributed by atoms with E-state index in [9.17, 15) is 25.6 Å². The molecule has 1 unspecified atom stereocenters. The van der Waals surface area contributed by atoms with Crippen LogP contribution in [0.1, 0.15) is 6.42 Å². The zero-order chi connectivity index (χ0) is 15.1. The first kappa shape index (κ1) is 15.3. The first-order valence-corrected chi connectivity index (χ1v) is 9.15. The highest BCUT2D eigenvalue weighted by atomic mass is 32.2. The van der Waals surface area contributed by atoms with Gasteiger partial charge in [-0.05, 0) is 18.6 Å². The second-order valence-electron chi connectivity index (χ2n) is 4.71. The number of halogens is 2. The van der Waals surface area contributed by atoms with Gasteiger partial charge in [-0.15, -0.1) is 0 Å². The molecule has 1 aliphatic rings. The summed E-state index contributed by atoms with van der Waals surface area (Å²) >= 11 is 0. The van der Waals surface area contributed by atoms with Crippen LogP contribution in [-0.2, 0) is 19.9 Å². The Labute approximate surface area is 116 Å². The lowest BCUT2D eigenvalue weighted by molar-refractivity contribution is 0.474. The summed E-state index contributed by atoms with van der Waals surface area (Å²) in [6.07, 6.45) is 1.21. The monoisotopic (exact) mass is 325 g/mol. The van der Waals surface area contributed by atoms with Crippen LogP contribution in [0.2, 0.25) is 0 Å². The molecule has 112 valence electrons. The van der Waals surface area contributed by atoms with Crippen LogP contribution in [0.3, 0.4) is 0 Å². The number of sulfonamides is 1. The summed E-state index contributed by atoms with van der Waals surface area (Å²) in [6, 6.07) is 2.00. The van der Waals surface area contributed by atoms with Crippen LogP contribution in [0.5, 0.6) is 0 Å². The van der Waals surface area contributed by atoms with Crippen molar-refractivity contribution in [3.8, 4) is 0 Å². The Morgan fingerprint density at radius 2 is 1.65 bits per heavy atom. The maximum absolute atomic E-state index is 13.1. The van der Waals surface area contributed by atoms with Crippen LogP contribution in [0.4, 0.5) is 8.78 Å². The first-order valence-electron chi connectivity index (χ1n) is 5.76. The fraction of sp³-hybridized carbons (Fsp3) is 0.455. The van der Waals surface area contributed by atoms with Crippen molar-refractivity contribution in [1.29, 1.82) is 0 Å². The fourth-order valence-corrected chi connectivity index (χ4v) is 4.71. The summed E-state index contributed by atoms with van der Waals surface area (Å²) in [6.45, 7) is -0.183. The highest BCUT2D eigenvalue weighted by molar-refractivity contribution is 7.91. The van der Waals surface area contributed by atoms with E-state index in [1.165, 1.54) is 0 Å². The van der Waals surface area contributed by atoms with Gasteiger partial charge in [-0.2, -0.15) is 4.31 Å². The Morgan fingerprint density at radius 3 is 2.10 bits per heavy atom. The van der Waals surface area contributed by atoms with Crippen molar-refractivity contribution < 1.29 is 25.6 Å². The van der Waals surface area contributed by atoms with E-state index in [1.807, 2.05) is 0 Å². The van der Waals surface area contributed by atoms with E-state index in [0.717, 1.165) is 10.6 Å². The van der Waals surface area contributed by atoms with Crippen molar-refractivity contribution in [3.63, 3.8) is 0 Å². The molecular formula is C11H13F2NO4S2. The molecule has 0 bridgehead atoms. The van der Waals surface area contributed by atoms with Gasteiger partial charge < -0.3 is 0 Å². The SMILES string of the molecule is CS(=O)(=O)C1CCN(S(=O)(=O)c2cc(F)cc(F)c2)C1. The smallest absolute Gasteiger partial charge is 0.229 e. The second kappa shape index (κ2) is 5.05. The van der Waals surface area contributed by atoms with Crippen LogP contribution in [-0.4, -0.2) is 45.7 Å². The highest BCUT2D eigenvalue weighted by Gasteiger charge is 2.37. The van der Waals surface area contributed by atoms with Gasteiger partial charge in [0.25, 0.3) is 0 Å². The number of nitrogens with zero attached hydrogens (tertiary/aromatic N) is 1. The summed E-state index contributed by atoms with van der Waals surface area (Å²) in [5.74, 6) is -2.00. The predicted octanol–water partition coefficient (Wildman–Crippen LogP) is 0.772. The summed E-state index contributed by atoms with van der Waals surface area (Å²) < 4.78 is 74.4. The minimum Gasteiger partial charge on any atom is -0.229 e. The summed E-state index contributed by atoms with van der Waals surface area (Å²) in [5, 5.41) is -0.782. The maximum atomic E-state index is 13.1. The number of hydrogen-bond donors (Lipinski definition) is 0. The molecule has 1 heterocycles. The Bertz CT molecular complexity index is 711. The quantitative estimate of drug-likeness (QED) is 0.823. The van der Waals surface area contributed by atoms with Gasteiger partial charge in [0, 0.05) is 25.4 Å². The van der Waals surface area contributed by atoms with Crippen LogP contribution >= 0.6 is 0 Å². The van der Waals surface area contributed by atoms with Gasteiger partial charge >= 0.3 is 0 Å². The molecule has 20 heavy (non-hydrogen) atoms. The van der Waals surface area contributed by atoms with E-state index in [2.05, 4.69) is 0 Å². The lowest BCUT2D eigenvalue weighted by Crippen LogP contribution is -2.31. The maximum Gasteiger partial charge on any atom is 0.243 e. The average molecular weight is 325 g/mol. The third-order valence-corrected chi connectivity index (χ3v) is 6.63. The molecule has 5 nitrogen and oxygen atoms in total. The van der Waals surface area contributed by atoms with Crippen molar-refractivity contribution in [2.45, 2.75) is 16.6 Å². The number of rotatable bonds is 3. The van der Waals surface area contributed by atoms with Crippen molar-refractivity contribution in [2.75, 3.05) is 19.3 Å². The molecule has 1 fully saturated rings.